The Hall–Kier alpha value is -2.45. The number of hydrogen-bond acceptors (Lipinski definition) is 5. The second-order valence-corrected chi connectivity index (χ2v) is 7.92. The van der Waals surface area contributed by atoms with Crippen molar-refractivity contribution in [2.45, 2.75) is 17.7 Å². The summed E-state index contributed by atoms with van der Waals surface area (Å²) in [5.74, 6) is 0.786. The quantitative estimate of drug-likeness (QED) is 0.779. The van der Waals surface area contributed by atoms with E-state index in [4.69, 9.17) is 4.42 Å². The number of nitrogens with one attached hydrogen (secondary N) is 1. The van der Waals surface area contributed by atoms with Crippen molar-refractivity contribution in [3.63, 3.8) is 0 Å². The minimum atomic E-state index is -3.54. The van der Waals surface area contributed by atoms with E-state index in [0.29, 0.717) is 25.4 Å². The van der Waals surface area contributed by atoms with Crippen molar-refractivity contribution in [3.8, 4) is 0 Å². The van der Waals surface area contributed by atoms with E-state index in [-0.39, 0.29) is 16.7 Å². The van der Waals surface area contributed by atoms with Crippen molar-refractivity contribution in [3.05, 3.63) is 54.8 Å². The molecule has 0 spiro atoms. The first-order chi connectivity index (χ1) is 12.5. The van der Waals surface area contributed by atoms with E-state index in [9.17, 15) is 13.2 Å². The average molecular weight is 375 g/mol. The van der Waals surface area contributed by atoms with Crippen LogP contribution >= 0.6 is 0 Å². The minimum Gasteiger partial charge on any atom is -0.465 e. The van der Waals surface area contributed by atoms with Gasteiger partial charge in [-0.05, 0) is 49.1 Å². The lowest BCUT2D eigenvalue weighted by molar-refractivity contribution is -0.127. The number of sulfonamides is 1. The summed E-state index contributed by atoms with van der Waals surface area (Å²) in [7, 11) is -3.54. The van der Waals surface area contributed by atoms with Gasteiger partial charge in [0.1, 0.15) is 10.7 Å². The molecule has 0 radical (unpaired) electrons. The summed E-state index contributed by atoms with van der Waals surface area (Å²) in [5, 5.41) is 0. The van der Waals surface area contributed by atoms with E-state index in [2.05, 4.69) is 9.71 Å². The minimum absolute atomic E-state index is 0.0595. The van der Waals surface area contributed by atoms with Gasteiger partial charge >= 0.3 is 0 Å². The van der Waals surface area contributed by atoms with Gasteiger partial charge in [0, 0.05) is 38.1 Å². The van der Waals surface area contributed by atoms with Gasteiger partial charge in [0.15, 0.2) is 0 Å². The van der Waals surface area contributed by atoms with Gasteiger partial charge in [0.2, 0.25) is 15.9 Å². The maximum atomic E-state index is 12.2. The highest BCUT2D eigenvalue weighted by molar-refractivity contribution is 7.89. The molecule has 1 saturated heterocycles. The molecule has 26 heavy (non-hydrogen) atoms. The van der Waals surface area contributed by atoms with Crippen LogP contribution in [-0.4, -0.2) is 43.8 Å². The number of rotatable bonds is 6. The van der Waals surface area contributed by atoms with Crippen molar-refractivity contribution in [2.24, 2.45) is 5.92 Å². The zero-order valence-electron chi connectivity index (χ0n) is 14.2. The molecule has 1 aliphatic rings. The molecule has 0 saturated carbocycles. The van der Waals surface area contributed by atoms with Gasteiger partial charge in [-0.15, -0.1) is 0 Å². The second kappa shape index (κ2) is 8.29. The number of furan rings is 1. The predicted octanol–water partition coefficient (Wildman–Crippen LogP) is 1.90. The third-order valence-electron chi connectivity index (χ3n) is 4.37. The summed E-state index contributed by atoms with van der Waals surface area (Å²) in [5.41, 5.74) is 0. The first kappa shape index (κ1) is 18.3. The smallest absolute Gasteiger partial charge is 0.246 e. The third-order valence-corrected chi connectivity index (χ3v) is 5.78. The highest BCUT2D eigenvalue weighted by Gasteiger charge is 2.23. The Kier molecular flexibility index (Phi) is 5.85. The first-order valence-corrected chi connectivity index (χ1v) is 9.93. The van der Waals surface area contributed by atoms with Crippen molar-refractivity contribution < 1.29 is 17.6 Å². The van der Waals surface area contributed by atoms with Crippen LogP contribution in [0.1, 0.15) is 18.6 Å². The number of carbonyl (C=O) groups excluding carboxylic acids is 1. The Morgan fingerprint density at radius 3 is 2.77 bits per heavy atom. The molecule has 0 bridgehead atoms. The molecule has 1 aliphatic heterocycles. The average Bonchev–Trinajstić information content (AvgIpc) is 3.19. The lowest BCUT2D eigenvalue weighted by atomic mass is 9.97. The number of aromatic nitrogens is 1. The Balaban J connectivity index is 1.46. The lowest BCUT2D eigenvalue weighted by Gasteiger charge is -2.31. The van der Waals surface area contributed by atoms with Gasteiger partial charge < -0.3 is 9.32 Å². The van der Waals surface area contributed by atoms with Crippen LogP contribution in [0.3, 0.4) is 0 Å². The summed E-state index contributed by atoms with van der Waals surface area (Å²) in [6.07, 6.45) is 9.09. The zero-order chi connectivity index (χ0) is 18.4. The van der Waals surface area contributed by atoms with Gasteiger partial charge in [-0.2, -0.15) is 0 Å². The Morgan fingerprint density at radius 2 is 2.12 bits per heavy atom. The van der Waals surface area contributed by atoms with E-state index in [1.807, 2.05) is 0 Å². The van der Waals surface area contributed by atoms with Gasteiger partial charge in [-0.1, -0.05) is 0 Å². The molecule has 2 aromatic rings. The summed E-state index contributed by atoms with van der Waals surface area (Å²) in [6.45, 7) is 1.59. The van der Waals surface area contributed by atoms with Crippen molar-refractivity contribution >= 4 is 22.0 Å². The topological polar surface area (TPSA) is 92.5 Å². The molecule has 0 aromatic carbocycles. The van der Waals surface area contributed by atoms with Crippen LogP contribution in [0.4, 0.5) is 0 Å². The SMILES string of the molecule is O=C(C=Cc1ccco1)N1CCC(CNS(=O)(=O)c2cccnc2)CC1. The van der Waals surface area contributed by atoms with E-state index in [0.717, 1.165) is 12.8 Å². The number of hydrogen-bond donors (Lipinski definition) is 1. The number of nitrogens with zero attached hydrogens (tertiary/aromatic N) is 2. The van der Waals surface area contributed by atoms with Crippen LogP contribution in [0.15, 0.2) is 58.3 Å². The molecule has 0 unspecified atom stereocenters. The van der Waals surface area contributed by atoms with Gasteiger partial charge in [0.25, 0.3) is 0 Å². The normalized spacial score (nSPS) is 16.2. The van der Waals surface area contributed by atoms with Crippen LogP contribution < -0.4 is 4.72 Å². The number of carbonyl (C=O) groups is 1. The van der Waals surface area contributed by atoms with Crippen LogP contribution in [0.2, 0.25) is 0 Å². The molecule has 1 N–H and O–H groups in total. The molecular weight excluding hydrogens is 354 g/mol. The van der Waals surface area contributed by atoms with Crippen LogP contribution in [0.25, 0.3) is 6.08 Å². The molecule has 8 heteroatoms. The lowest BCUT2D eigenvalue weighted by Crippen LogP contribution is -2.40. The van der Waals surface area contributed by atoms with Crippen LogP contribution in [-0.2, 0) is 14.8 Å². The molecule has 0 aliphatic carbocycles. The Morgan fingerprint density at radius 1 is 1.31 bits per heavy atom. The van der Waals surface area contributed by atoms with E-state index < -0.39 is 10.0 Å². The highest BCUT2D eigenvalue weighted by atomic mass is 32.2. The first-order valence-electron chi connectivity index (χ1n) is 8.45. The fourth-order valence-corrected chi connectivity index (χ4v) is 3.90. The molecule has 138 valence electrons. The fourth-order valence-electron chi connectivity index (χ4n) is 2.82. The predicted molar refractivity (Wildman–Crippen MR) is 96.5 cm³/mol. The van der Waals surface area contributed by atoms with Crippen LogP contribution in [0.5, 0.6) is 0 Å². The largest absolute Gasteiger partial charge is 0.465 e. The number of amides is 1. The van der Waals surface area contributed by atoms with Crippen molar-refractivity contribution in [1.29, 1.82) is 0 Å². The maximum Gasteiger partial charge on any atom is 0.246 e. The monoisotopic (exact) mass is 375 g/mol. The van der Waals surface area contributed by atoms with Gasteiger partial charge in [0.05, 0.1) is 6.26 Å². The number of likely N-dealkylation sites (tertiary alicyclic amines) is 1. The molecule has 0 atom stereocenters. The van der Waals surface area contributed by atoms with Crippen LogP contribution in [0, 0.1) is 5.92 Å². The Labute approximate surface area is 152 Å². The molecule has 3 heterocycles. The highest BCUT2D eigenvalue weighted by Crippen LogP contribution is 2.18. The number of pyridine rings is 1. The van der Waals surface area contributed by atoms with E-state index in [1.165, 1.54) is 24.5 Å². The molecule has 2 aromatic heterocycles. The number of piperidine rings is 1. The fraction of sp³-hybridized carbons (Fsp3) is 0.333. The summed E-state index contributed by atoms with van der Waals surface area (Å²) >= 11 is 0. The molecule has 3 rings (SSSR count). The molecule has 1 amide bonds. The zero-order valence-corrected chi connectivity index (χ0v) is 15.1. The van der Waals surface area contributed by atoms with Crippen molar-refractivity contribution in [1.82, 2.24) is 14.6 Å². The molecule has 1 fully saturated rings. The van der Waals surface area contributed by atoms with Gasteiger partial charge in [-0.25, -0.2) is 13.1 Å². The summed E-state index contributed by atoms with van der Waals surface area (Å²) in [6, 6.07) is 6.66. The molecular formula is C18H21N3O4S. The summed E-state index contributed by atoms with van der Waals surface area (Å²) < 4.78 is 32.2. The van der Waals surface area contributed by atoms with Crippen molar-refractivity contribution in [2.75, 3.05) is 19.6 Å². The van der Waals surface area contributed by atoms with E-state index >= 15 is 0 Å². The van der Waals surface area contributed by atoms with Gasteiger partial charge in [-0.3, -0.25) is 9.78 Å². The van der Waals surface area contributed by atoms with E-state index in [1.54, 1.807) is 35.4 Å². The standard InChI is InChI=1S/C18H21N3O4S/c22-18(6-5-16-3-2-12-25-16)21-10-7-15(8-11-21)13-20-26(23,24)17-4-1-9-19-14-17/h1-6,9,12,14-15,20H,7-8,10-11,13H2. The second-order valence-electron chi connectivity index (χ2n) is 6.16. The summed E-state index contributed by atoms with van der Waals surface area (Å²) in [4.78, 5) is 17.9. The maximum absolute atomic E-state index is 12.2. The Bertz CT molecular complexity index is 840. The third kappa shape index (κ3) is 4.80. The molecule has 7 nitrogen and oxygen atoms in total.